The lowest BCUT2D eigenvalue weighted by Crippen LogP contribution is -2.13. The second-order valence-electron chi connectivity index (χ2n) is 2.32. The SMILES string of the molecule is CCOC(=O)Nc1cc(C(=O)O)[nH]n1. The number of carboxylic acid groups (broad SMARTS) is 1. The molecule has 0 bridgehead atoms. The Morgan fingerprint density at radius 2 is 2.43 bits per heavy atom. The molecule has 1 rings (SSSR count). The number of nitrogens with zero attached hydrogens (tertiary/aromatic N) is 1. The molecule has 0 aliphatic carbocycles. The molecule has 1 aromatic rings. The van der Waals surface area contributed by atoms with E-state index >= 15 is 0 Å². The first-order valence-corrected chi connectivity index (χ1v) is 3.86. The van der Waals surface area contributed by atoms with E-state index in [-0.39, 0.29) is 18.1 Å². The summed E-state index contributed by atoms with van der Waals surface area (Å²) in [6.07, 6.45) is -0.670. The van der Waals surface area contributed by atoms with Crippen LogP contribution >= 0.6 is 0 Å². The smallest absolute Gasteiger partial charge is 0.412 e. The van der Waals surface area contributed by atoms with E-state index in [1.165, 1.54) is 6.07 Å². The number of rotatable bonds is 3. The van der Waals surface area contributed by atoms with Gasteiger partial charge in [-0.3, -0.25) is 10.4 Å². The molecule has 7 nitrogen and oxygen atoms in total. The largest absolute Gasteiger partial charge is 0.477 e. The second-order valence-corrected chi connectivity index (χ2v) is 2.32. The average Bonchev–Trinajstić information content (AvgIpc) is 2.53. The van der Waals surface area contributed by atoms with Crippen molar-refractivity contribution in [1.82, 2.24) is 10.2 Å². The van der Waals surface area contributed by atoms with Gasteiger partial charge in [-0.15, -0.1) is 0 Å². The lowest BCUT2D eigenvalue weighted by Gasteiger charge is -1.99. The molecule has 0 unspecified atom stereocenters. The Labute approximate surface area is 79.1 Å². The number of nitrogens with one attached hydrogen (secondary N) is 2. The van der Waals surface area contributed by atoms with Crippen LogP contribution in [0.4, 0.5) is 10.6 Å². The predicted molar refractivity (Wildman–Crippen MR) is 46.2 cm³/mol. The summed E-state index contributed by atoms with van der Waals surface area (Å²) in [6.45, 7) is 1.90. The number of aromatic carboxylic acids is 1. The first-order chi connectivity index (χ1) is 6.63. The first-order valence-electron chi connectivity index (χ1n) is 3.86. The number of hydrogen-bond acceptors (Lipinski definition) is 4. The van der Waals surface area contributed by atoms with Crippen molar-refractivity contribution in [2.75, 3.05) is 11.9 Å². The lowest BCUT2D eigenvalue weighted by molar-refractivity contribution is 0.0690. The molecule has 0 atom stereocenters. The highest BCUT2D eigenvalue weighted by atomic mass is 16.5. The molecule has 76 valence electrons. The monoisotopic (exact) mass is 199 g/mol. The van der Waals surface area contributed by atoms with Crippen molar-refractivity contribution in [2.24, 2.45) is 0 Å². The zero-order chi connectivity index (χ0) is 10.6. The number of carboxylic acids is 1. The number of amides is 1. The summed E-state index contributed by atoms with van der Waals surface area (Å²) in [5.41, 5.74) is -0.100. The third-order valence-electron chi connectivity index (χ3n) is 1.31. The van der Waals surface area contributed by atoms with Gasteiger partial charge in [-0.2, -0.15) is 5.10 Å². The lowest BCUT2D eigenvalue weighted by atomic mass is 10.4. The maximum absolute atomic E-state index is 10.9. The number of H-pyrrole nitrogens is 1. The molecule has 1 heterocycles. The van der Waals surface area contributed by atoms with Crippen LogP contribution in [0.15, 0.2) is 6.07 Å². The van der Waals surface area contributed by atoms with Crippen LogP contribution in [-0.4, -0.2) is 34.0 Å². The molecule has 1 amide bonds. The minimum atomic E-state index is -1.14. The van der Waals surface area contributed by atoms with Gasteiger partial charge in [-0.1, -0.05) is 0 Å². The van der Waals surface area contributed by atoms with E-state index in [0.717, 1.165) is 0 Å². The minimum Gasteiger partial charge on any atom is -0.477 e. The summed E-state index contributed by atoms with van der Waals surface area (Å²) < 4.78 is 4.56. The Bertz CT molecular complexity index is 346. The topological polar surface area (TPSA) is 104 Å². The van der Waals surface area contributed by atoms with Crippen LogP contribution in [0.5, 0.6) is 0 Å². The van der Waals surface area contributed by atoms with Crippen LogP contribution in [0.25, 0.3) is 0 Å². The molecule has 7 heteroatoms. The summed E-state index contributed by atoms with van der Waals surface area (Å²) >= 11 is 0. The molecule has 0 aliphatic heterocycles. The fourth-order valence-electron chi connectivity index (χ4n) is 0.767. The van der Waals surface area contributed by atoms with E-state index in [1.54, 1.807) is 6.92 Å². The van der Waals surface area contributed by atoms with Crippen molar-refractivity contribution in [3.8, 4) is 0 Å². The van der Waals surface area contributed by atoms with Gasteiger partial charge in [0.15, 0.2) is 5.82 Å². The van der Waals surface area contributed by atoms with Crippen molar-refractivity contribution in [1.29, 1.82) is 0 Å². The van der Waals surface area contributed by atoms with E-state index in [1.807, 2.05) is 0 Å². The third kappa shape index (κ3) is 2.47. The van der Waals surface area contributed by atoms with Crippen molar-refractivity contribution in [3.05, 3.63) is 11.8 Å². The highest BCUT2D eigenvalue weighted by molar-refractivity contribution is 5.89. The van der Waals surface area contributed by atoms with Gasteiger partial charge in [0, 0.05) is 6.07 Å². The van der Waals surface area contributed by atoms with E-state index in [2.05, 4.69) is 20.3 Å². The summed E-state index contributed by atoms with van der Waals surface area (Å²) in [7, 11) is 0. The van der Waals surface area contributed by atoms with Gasteiger partial charge in [0.05, 0.1) is 6.61 Å². The second kappa shape index (κ2) is 4.26. The predicted octanol–water partition coefficient (Wildman–Crippen LogP) is 0.676. The Hall–Kier alpha value is -2.05. The molecule has 0 fully saturated rings. The summed E-state index contributed by atoms with van der Waals surface area (Å²) in [5.74, 6) is -1.03. The number of anilines is 1. The molecule has 0 aromatic carbocycles. The standard InChI is InChI=1S/C7H9N3O4/c1-2-14-7(13)8-5-3-4(6(11)12)9-10-5/h3H,2H2,1H3,(H,11,12)(H2,8,9,10,13). The quantitative estimate of drug-likeness (QED) is 0.663. The van der Waals surface area contributed by atoms with E-state index in [9.17, 15) is 9.59 Å². The Balaban J connectivity index is 2.59. The van der Waals surface area contributed by atoms with Gasteiger partial charge in [0.25, 0.3) is 0 Å². The van der Waals surface area contributed by atoms with Crippen molar-refractivity contribution in [3.63, 3.8) is 0 Å². The van der Waals surface area contributed by atoms with Crippen LogP contribution in [0.1, 0.15) is 17.4 Å². The fourth-order valence-corrected chi connectivity index (χ4v) is 0.767. The molecule has 0 spiro atoms. The number of ether oxygens (including phenoxy) is 1. The zero-order valence-corrected chi connectivity index (χ0v) is 7.40. The molecule has 0 saturated heterocycles. The molecule has 0 aliphatic rings. The summed E-state index contributed by atoms with van der Waals surface area (Å²) in [5, 5.41) is 16.5. The third-order valence-corrected chi connectivity index (χ3v) is 1.31. The number of hydrogen-bond donors (Lipinski definition) is 3. The average molecular weight is 199 g/mol. The molecule has 3 N–H and O–H groups in total. The number of aromatic nitrogens is 2. The van der Waals surface area contributed by atoms with E-state index in [0.29, 0.717) is 0 Å². The number of carbonyl (C=O) groups excluding carboxylic acids is 1. The van der Waals surface area contributed by atoms with Crippen LogP contribution in [0.3, 0.4) is 0 Å². The van der Waals surface area contributed by atoms with Gasteiger partial charge < -0.3 is 9.84 Å². The van der Waals surface area contributed by atoms with Gasteiger partial charge >= 0.3 is 12.1 Å². The molecule has 0 radical (unpaired) electrons. The van der Waals surface area contributed by atoms with Crippen molar-refractivity contribution >= 4 is 17.9 Å². The zero-order valence-electron chi connectivity index (χ0n) is 7.40. The van der Waals surface area contributed by atoms with Crippen LogP contribution in [0, 0.1) is 0 Å². The Morgan fingerprint density at radius 1 is 1.71 bits per heavy atom. The summed E-state index contributed by atoms with van der Waals surface area (Å²) in [4.78, 5) is 21.3. The fraction of sp³-hybridized carbons (Fsp3) is 0.286. The van der Waals surface area contributed by atoms with E-state index < -0.39 is 12.1 Å². The van der Waals surface area contributed by atoms with Gasteiger partial charge in [-0.05, 0) is 6.92 Å². The van der Waals surface area contributed by atoms with Gasteiger partial charge in [0.2, 0.25) is 0 Å². The Morgan fingerprint density at radius 3 is 2.93 bits per heavy atom. The van der Waals surface area contributed by atoms with Gasteiger partial charge in [0.1, 0.15) is 5.69 Å². The maximum atomic E-state index is 10.9. The maximum Gasteiger partial charge on any atom is 0.412 e. The molecule has 14 heavy (non-hydrogen) atoms. The first kappa shape index (κ1) is 10.0. The number of aromatic amines is 1. The molecular weight excluding hydrogens is 190 g/mol. The van der Waals surface area contributed by atoms with E-state index in [4.69, 9.17) is 5.11 Å². The summed E-state index contributed by atoms with van der Waals surface area (Å²) in [6, 6.07) is 1.19. The normalized spacial score (nSPS) is 9.50. The van der Waals surface area contributed by atoms with Crippen LogP contribution in [0.2, 0.25) is 0 Å². The van der Waals surface area contributed by atoms with Crippen LogP contribution < -0.4 is 5.32 Å². The van der Waals surface area contributed by atoms with Crippen LogP contribution in [-0.2, 0) is 4.74 Å². The highest BCUT2D eigenvalue weighted by Gasteiger charge is 2.09. The molecule has 0 saturated carbocycles. The minimum absolute atomic E-state index is 0.100. The molecule has 1 aromatic heterocycles. The van der Waals surface area contributed by atoms with Gasteiger partial charge in [-0.25, -0.2) is 9.59 Å². The highest BCUT2D eigenvalue weighted by Crippen LogP contribution is 2.05. The van der Waals surface area contributed by atoms with Crippen molar-refractivity contribution < 1.29 is 19.4 Å². The van der Waals surface area contributed by atoms with Crippen molar-refractivity contribution in [2.45, 2.75) is 6.92 Å². The number of carbonyl (C=O) groups is 2. The molecular formula is C7H9N3O4. The Kier molecular flexibility index (Phi) is 3.05.